The third-order valence-electron chi connectivity index (χ3n) is 14.6. The monoisotopic (exact) mass is 892 g/mol. The maximum atomic E-state index is 6.60. The lowest BCUT2D eigenvalue weighted by Crippen LogP contribution is -2.10. The van der Waals surface area contributed by atoms with Gasteiger partial charge in [0.1, 0.15) is 22.3 Å². The van der Waals surface area contributed by atoms with Crippen LogP contribution in [0.2, 0.25) is 0 Å². The van der Waals surface area contributed by atoms with Crippen molar-refractivity contribution in [3.8, 4) is 27.9 Å². The first-order valence-corrected chi connectivity index (χ1v) is 23.9. The smallest absolute Gasteiger partial charge is 0.143 e. The maximum Gasteiger partial charge on any atom is 0.143 e. The molecule has 0 aliphatic heterocycles. The Morgan fingerprint density at radius 3 is 1.56 bits per heavy atom. The third-order valence-corrected chi connectivity index (χ3v) is 14.6. The fraction of sp³-hybridized carbons (Fsp3) is 0. The summed E-state index contributed by atoms with van der Waals surface area (Å²) in [5, 5.41) is 14.4. The van der Waals surface area contributed by atoms with Crippen molar-refractivity contribution in [3.05, 3.63) is 243 Å². The van der Waals surface area contributed by atoms with Gasteiger partial charge in [0.2, 0.25) is 0 Å². The molecule has 0 unspecified atom stereocenters. The van der Waals surface area contributed by atoms with Crippen LogP contribution in [0, 0.1) is 0 Å². The van der Waals surface area contributed by atoms with Gasteiger partial charge in [-0.05, 0) is 134 Å². The van der Waals surface area contributed by atoms with E-state index in [1.54, 1.807) is 0 Å². The van der Waals surface area contributed by atoms with Gasteiger partial charge in [-0.1, -0.05) is 158 Å². The van der Waals surface area contributed by atoms with E-state index in [4.69, 9.17) is 8.83 Å². The topological polar surface area (TPSA) is 34.5 Å². The van der Waals surface area contributed by atoms with Crippen LogP contribution in [0.4, 0.5) is 17.1 Å². The van der Waals surface area contributed by atoms with Crippen molar-refractivity contribution in [1.82, 2.24) is 4.57 Å². The Hall–Kier alpha value is -9.38. The molecule has 0 saturated heterocycles. The van der Waals surface area contributed by atoms with E-state index in [0.29, 0.717) is 0 Å². The zero-order valence-electron chi connectivity index (χ0n) is 37.8. The Balaban J connectivity index is 0.920. The Labute approximate surface area is 402 Å². The summed E-state index contributed by atoms with van der Waals surface area (Å²) in [6.07, 6.45) is 0. The lowest BCUT2D eigenvalue weighted by Gasteiger charge is -2.26. The normalized spacial score (nSPS) is 12.0. The molecule has 3 heterocycles. The largest absolute Gasteiger partial charge is 0.456 e. The second-order valence-corrected chi connectivity index (χ2v) is 18.4. The Morgan fingerprint density at radius 1 is 0.300 bits per heavy atom. The van der Waals surface area contributed by atoms with Gasteiger partial charge >= 0.3 is 0 Å². The molecular weight excluding hydrogens is 853 g/mol. The first-order valence-electron chi connectivity index (χ1n) is 23.9. The van der Waals surface area contributed by atoms with Crippen LogP contribution in [0.15, 0.2) is 251 Å². The summed E-state index contributed by atoms with van der Waals surface area (Å²) in [4.78, 5) is 2.34. The van der Waals surface area contributed by atoms with Crippen molar-refractivity contribution in [3.63, 3.8) is 0 Å². The number of anilines is 3. The van der Waals surface area contributed by atoms with Crippen LogP contribution < -0.4 is 4.90 Å². The summed E-state index contributed by atoms with van der Waals surface area (Å²) in [5.41, 5.74) is 14.6. The minimum Gasteiger partial charge on any atom is -0.456 e. The summed E-state index contributed by atoms with van der Waals surface area (Å²) < 4.78 is 15.4. The Kier molecular flexibility index (Phi) is 8.33. The van der Waals surface area contributed by atoms with Crippen molar-refractivity contribution in [2.45, 2.75) is 0 Å². The standard InChI is InChI=1S/C66H40N2O2/c1-2-14-44(15-3-1)67(61-24-13-27-64-65(61)55-21-9-11-26-63(55)69-64)45-32-28-41(29-33-45)42-30-36-59-57(38-42)58-39-43(47-22-12-23-54-53-20-8-10-25-62(53)70-66(47)54)31-37-60(58)68(59)46-34-35-52-50-18-5-4-16-48(50)49-17-6-7-19-51(49)56(52)40-46/h1-40H. The molecule has 0 N–H and O–H groups in total. The average molecular weight is 893 g/mol. The first-order chi connectivity index (χ1) is 34.7. The highest BCUT2D eigenvalue weighted by Crippen LogP contribution is 2.45. The zero-order chi connectivity index (χ0) is 45.9. The molecule has 0 atom stereocenters. The van der Waals surface area contributed by atoms with E-state index in [2.05, 4.69) is 234 Å². The van der Waals surface area contributed by atoms with Crippen LogP contribution in [-0.2, 0) is 0 Å². The number of hydrogen-bond donors (Lipinski definition) is 0. The lowest BCUT2D eigenvalue weighted by atomic mass is 9.94. The molecule has 0 saturated carbocycles. The van der Waals surface area contributed by atoms with Gasteiger partial charge in [-0.3, -0.25) is 0 Å². The highest BCUT2D eigenvalue weighted by Gasteiger charge is 2.21. The second-order valence-electron chi connectivity index (χ2n) is 18.4. The molecular formula is C66H40N2O2. The van der Waals surface area contributed by atoms with Crippen molar-refractivity contribution in [1.29, 1.82) is 0 Å². The minimum absolute atomic E-state index is 0.867. The summed E-state index contributed by atoms with van der Waals surface area (Å²) in [6, 6.07) is 87.6. The SMILES string of the molecule is c1ccc(N(c2ccc(-c3ccc4c(c3)c3cc(-c5cccc6c5oc5ccccc56)ccc3n4-c3ccc4c5ccccc5c5ccccc5c4c3)cc2)c2cccc3oc4ccccc4c23)cc1. The molecule has 0 bridgehead atoms. The molecule has 15 rings (SSSR count). The van der Waals surface area contributed by atoms with Gasteiger partial charge in [-0.15, -0.1) is 0 Å². The number of furan rings is 2. The first kappa shape index (κ1) is 38.7. The summed E-state index contributed by atoms with van der Waals surface area (Å²) in [5.74, 6) is 0. The number of para-hydroxylation sites is 4. The Morgan fingerprint density at radius 2 is 0.829 bits per heavy atom. The van der Waals surface area contributed by atoms with Gasteiger partial charge in [-0.25, -0.2) is 0 Å². The number of hydrogen-bond acceptors (Lipinski definition) is 3. The van der Waals surface area contributed by atoms with Crippen LogP contribution in [0.5, 0.6) is 0 Å². The van der Waals surface area contributed by atoms with E-state index in [0.717, 1.165) is 99.9 Å². The van der Waals surface area contributed by atoms with Crippen LogP contribution in [0.1, 0.15) is 0 Å². The molecule has 0 radical (unpaired) electrons. The van der Waals surface area contributed by atoms with Gasteiger partial charge in [0, 0.05) is 49.6 Å². The number of aromatic nitrogens is 1. The maximum absolute atomic E-state index is 6.60. The highest BCUT2D eigenvalue weighted by molar-refractivity contribution is 6.26. The lowest BCUT2D eigenvalue weighted by molar-refractivity contribution is 0.669. The molecule has 0 fully saturated rings. The molecule has 4 nitrogen and oxygen atoms in total. The molecule has 326 valence electrons. The van der Waals surface area contributed by atoms with Crippen molar-refractivity contribution >= 4 is 115 Å². The van der Waals surface area contributed by atoms with Crippen molar-refractivity contribution < 1.29 is 8.83 Å². The van der Waals surface area contributed by atoms with E-state index < -0.39 is 0 Å². The van der Waals surface area contributed by atoms with E-state index in [-0.39, 0.29) is 0 Å². The van der Waals surface area contributed by atoms with Gasteiger partial charge in [0.05, 0.1) is 22.1 Å². The summed E-state index contributed by atoms with van der Waals surface area (Å²) in [7, 11) is 0. The highest BCUT2D eigenvalue weighted by atomic mass is 16.3. The number of rotatable bonds is 6. The van der Waals surface area contributed by atoms with E-state index in [9.17, 15) is 0 Å². The third kappa shape index (κ3) is 5.77. The molecule has 0 spiro atoms. The van der Waals surface area contributed by atoms with Crippen molar-refractivity contribution in [2.24, 2.45) is 0 Å². The number of nitrogens with zero attached hydrogens (tertiary/aromatic N) is 2. The molecule has 15 aromatic rings. The van der Waals surface area contributed by atoms with E-state index >= 15 is 0 Å². The molecule has 4 heteroatoms. The van der Waals surface area contributed by atoms with Crippen LogP contribution in [0.25, 0.3) is 126 Å². The number of fused-ring (bicyclic) bond motifs is 15. The molecule has 12 aromatic carbocycles. The molecule has 0 aliphatic carbocycles. The predicted octanol–water partition coefficient (Wildman–Crippen LogP) is 18.8. The fourth-order valence-corrected chi connectivity index (χ4v) is 11.4. The average Bonchev–Trinajstić information content (AvgIpc) is 4.11. The van der Waals surface area contributed by atoms with E-state index in [1.165, 1.54) is 43.1 Å². The van der Waals surface area contributed by atoms with Gasteiger partial charge in [0.15, 0.2) is 0 Å². The Bertz CT molecular complexity index is 4560. The van der Waals surface area contributed by atoms with Crippen LogP contribution >= 0.6 is 0 Å². The zero-order valence-corrected chi connectivity index (χ0v) is 37.8. The molecule has 0 aliphatic rings. The van der Waals surface area contributed by atoms with E-state index in [1.807, 2.05) is 18.2 Å². The molecule has 70 heavy (non-hydrogen) atoms. The van der Waals surface area contributed by atoms with Gasteiger partial charge in [0.25, 0.3) is 0 Å². The van der Waals surface area contributed by atoms with Gasteiger partial charge < -0.3 is 18.3 Å². The molecule has 0 amide bonds. The fourth-order valence-electron chi connectivity index (χ4n) is 11.4. The minimum atomic E-state index is 0.867. The predicted molar refractivity (Wildman–Crippen MR) is 293 cm³/mol. The summed E-state index contributed by atoms with van der Waals surface area (Å²) in [6.45, 7) is 0. The van der Waals surface area contributed by atoms with Crippen LogP contribution in [-0.4, -0.2) is 4.57 Å². The van der Waals surface area contributed by atoms with Gasteiger partial charge in [-0.2, -0.15) is 0 Å². The second kappa shape index (κ2) is 15.1. The van der Waals surface area contributed by atoms with Crippen LogP contribution in [0.3, 0.4) is 0 Å². The number of benzene rings is 12. The quantitative estimate of drug-likeness (QED) is 0.156. The van der Waals surface area contributed by atoms with Crippen molar-refractivity contribution in [2.75, 3.05) is 4.90 Å². The molecule has 3 aromatic heterocycles. The summed E-state index contributed by atoms with van der Waals surface area (Å²) >= 11 is 0.